The second kappa shape index (κ2) is 10.9. The van der Waals surface area contributed by atoms with Crippen LogP contribution in [0.5, 0.6) is 0 Å². The van der Waals surface area contributed by atoms with E-state index in [9.17, 15) is 14.9 Å². The Labute approximate surface area is 210 Å². The summed E-state index contributed by atoms with van der Waals surface area (Å²) in [5.74, 6) is 0.500. The normalized spacial score (nSPS) is 15.4. The van der Waals surface area contributed by atoms with Crippen LogP contribution in [-0.2, 0) is 22.4 Å². The van der Waals surface area contributed by atoms with Crippen LogP contribution in [0.2, 0.25) is 0 Å². The predicted octanol–water partition coefficient (Wildman–Crippen LogP) is 6.08. The van der Waals surface area contributed by atoms with E-state index in [1.807, 2.05) is 19.9 Å². The van der Waals surface area contributed by atoms with E-state index in [-0.39, 0.29) is 23.7 Å². The Kier molecular flexibility index (Phi) is 8.43. The monoisotopic (exact) mass is 499 g/mol. The summed E-state index contributed by atoms with van der Waals surface area (Å²) >= 11 is 2.91. The number of esters is 1. The molecule has 0 fully saturated rings. The molecule has 0 spiro atoms. The lowest BCUT2D eigenvalue weighted by Gasteiger charge is -2.33. The van der Waals surface area contributed by atoms with Crippen LogP contribution < -0.4 is 5.32 Å². The van der Waals surface area contributed by atoms with Crippen molar-refractivity contribution in [1.29, 1.82) is 5.26 Å². The molecule has 0 aromatic carbocycles. The van der Waals surface area contributed by atoms with Gasteiger partial charge in [-0.1, -0.05) is 20.8 Å². The number of ether oxygens (including phenoxy) is 1. The van der Waals surface area contributed by atoms with Crippen LogP contribution in [0, 0.1) is 36.5 Å². The number of carbonyl (C=O) groups is 2. The second-order valence-electron chi connectivity index (χ2n) is 9.75. The van der Waals surface area contributed by atoms with Crippen molar-refractivity contribution < 1.29 is 14.3 Å². The van der Waals surface area contributed by atoms with Gasteiger partial charge in [-0.25, -0.2) is 9.78 Å². The molecule has 1 atom stereocenters. The number of nitrogens with one attached hydrogen (secondary N) is 1. The van der Waals surface area contributed by atoms with Crippen molar-refractivity contribution in [2.24, 2.45) is 11.3 Å². The molecule has 0 radical (unpaired) electrons. The molecule has 1 aliphatic rings. The van der Waals surface area contributed by atoms with E-state index in [0.717, 1.165) is 36.1 Å². The summed E-state index contributed by atoms with van der Waals surface area (Å²) in [6, 6.07) is 4.09. The number of hydrogen-bond donors (Lipinski definition) is 1. The first-order valence-electron chi connectivity index (χ1n) is 11.7. The van der Waals surface area contributed by atoms with E-state index in [0.29, 0.717) is 39.4 Å². The first-order valence-corrected chi connectivity index (χ1v) is 13.5. The minimum atomic E-state index is -0.364. The van der Waals surface area contributed by atoms with Crippen molar-refractivity contribution in [3.8, 4) is 6.07 Å². The van der Waals surface area contributed by atoms with Gasteiger partial charge >= 0.3 is 5.97 Å². The lowest BCUT2D eigenvalue weighted by Crippen LogP contribution is -2.26. The third kappa shape index (κ3) is 6.00. The number of fused-ring (bicyclic) bond motifs is 1. The Morgan fingerprint density at radius 3 is 2.74 bits per heavy atom. The molecule has 0 aliphatic heterocycles. The largest absolute Gasteiger partial charge is 0.462 e. The summed E-state index contributed by atoms with van der Waals surface area (Å²) in [5.41, 5.74) is 4.04. The zero-order valence-electron chi connectivity index (χ0n) is 20.8. The molecule has 8 heteroatoms. The fourth-order valence-corrected chi connectivity index (χ4v) is 6.68. The van der Waals surface area contributed by atoms with Gasteiger partial charge in [-0.2, -0.15) is 5.26 Å². The number of carbonyl (C=O) groups excluding carboxylic acids is 2. The molecule has 3 rings (SSSR count). The number of thioether (sulfide) groups is 1. The molecule has 1 aliphatic carbocycles. The number of aryl methyl sites for hydroxylation is 2. The number of nitrogens with zero attached hydrogens (tertiary/aromatic N) is 2. The molecule has 34 heavy (non-hydrogen) atoms. The molecule has 182 valence electrons. The van der Waals surface area contributed by atoms with Crippen LogP contribution in [0.15, 0.2) is 11.1 Å². The first-order chi connectivity index (χ1) is 16.0. The zero-order chi connectivity index (χ0) is 25.0. The van der Waals surface area contributed by atoms with E-state index >= 15 is 0 Å². The van der Waals surface area contributed by atoms with Gasteiger partial charge in [0.05, 0.1) is 17.7 Å². The van der Waals surface area contributed by atoms with Crippen LogP contribution in [-0.4, -0.2) is 29.2 Å². The summed E-state index contributed by atoms with van der Waals surface area (Å²) in [4.78, 5) is 31.2. The third-order valence-corrected chi connectivity index (χ3v) is 8.36. The van der Waals surface area contributed by atoms with Gasteiger partial charge in [-0.05, 0) is 68.6 Å². The van der Waals surface area contributed by atoms with Gasteiger partial charge in [0, 0.05) is 22.7 Å². The Balaban J connectivity index is 1.74. The fourth-order valence-electron chi connectivity index (χ4n) is 4.30. The molecule has 2 aromatic heterocycles. The van der Waals surface area contributed by atoms with Gasteiger partial charge in [-0.3, -0.25) is 4.79 Å². The van der Waals surface area contributed by atoms with Gasteiger partial charge in [0.2, 0.25) is 5.91 Å². The highest BCUT2D eigenvalue weighted by molar-refractivity contribution is 7.99. The van der Waals surface area contributed by atoms with Gasteiger partial charge in [0.15, 0.2) is 0 Å². The van der Waals surface area contributed by atoms with Crippen molar-refractivity contribution in [2.45, 2.75) is 72.3 Å². The molecule has 2 aromatic rings. The molecule has 6 nitrogen and oxygen atoms in total. The summed E-state index contributed by atoms with van der Waals surface area (Å²) in [7, 11) is 0. The number of nitriles is 1. The maximum Gasteiger partial charge on any atom is 0.341 e. The van der Waals surface area contributed by atoms with Gasteiger partial charge in [-0.15, -0.1) is 23.1 Å². The van der Waals surface area contributed by atoms with Crippen molar-refractivity contribution in [1.82, 2.24) is 4.98 Å². The van der Waals surface area contributed by atoms with Crippen molar-refractivity contribution in [3.63, 3.8) is 0 Å². The minimum Gasteiger partial charge on any atom is -0.462 e. The highest BCUT2D eigenvalue weighted by Crippen LogP contribution is 2.44. The Morgan fingerprint density at radius 1 is 1.35 bits per heavy atom. The number of anilines is 1. The third-order valence-electron chi connectivity index (χ3n) is 6.21. The standard InChI is InChI=1S/C26H33N3O3S2/c1-7-32-25(31)22-18-9-8-17(26(4,5)6)13-20(18)34-24(22)29-21(30)10-11-33-23-19(14-27)15(2)12-16(3)28-23/h12,17H,7-11,13H2,1-6H3,(H,29,30). The van der Waals surface area contributed by atoms with Crippen LogP contribution in [0.25, 0.3) is 0 Å². The van der Waals surface area contributed by atoms with Crippen molar-refractivity contribution in [2.75, 3.05) is 17.7 Å². The van der Waals surface area contributed by atoms with Crippen LogP contribution in [0.4, 0.5) is 5.00 Å². The van der Waals surface area contributed by atoms with E-state index in [2.05, 4.69) is 37.1 Å². The Hall–Kier alpha value is -2.37. The maximum absolute atomic E-state index is 12.8. The molecule has 1 amide bonds. The Morgan fingerprint density at radius 2 is 2.09 bits per heavy atom. The second-order valence-corrected chi connectivity index (χ2v) is 11.9. The zero-order valence-corrected chi connectivity index (χ0v) is 22.5. The molecule has 0 bridgehead atoms. The lowest BCUT2D eigenvalue weighted by atomic mass is 9.72. The number of rotatable bonds is 7. The number of thiophene rings is 1. The predicted molar refractivity (Wildman–Crippen MR) is 138 cm³/mol. The van der Waals surface area contributed by atoms with Crippen LogP contribution >= 0.6 is 23.1 Å². The number of hydrogen-bond acceptors (Lipinski definition) is 7. The van der Waals surface area contributed by atoms with E-state index in [1.165, 1.54) is 28.0 Å². The first kappa shape index (κ1) is 26.2. The molecule has 0 saturated carbocycles. The number of pyridine rings is 1. The van der Waals surface area contributed by atoms with E-state index in [1.54, 1.807) is 6.92 Å². The SMILES string of the molecule is CCOC(=O)c1c(NC(=O)CCSc2nc(C)cc(C)c2C#N)sc2c1CCC(C(C)(C)C)C2. The van der Waals surface area contributed by atoms with Crippen LogP contribution in [0.1, 0.15) is 78.2 Å². The maximum atomic E-state index is 12.8. The summed E-state index contributed by atoms with van der Waals surface area (Å²) in [6.07, 6.45) is 3.01. The average molecular weight is 500 g/mol. The van der Waals surface area contributed by atoms with Gasteiger partial charge in [0.25, 0.3) is 0 Å². The Bertz CT molecular complexity index is 1130. The summed E-state index contributed by atoms with van der Waals surface area (Å²) in [5, 5.41) is 13.7. The van der Waals surface area contributed by atoms with Gasteiger partial charge < -0.3 is 10.1 Å². The number of amides is 1. The van der Waals surface area contributed by atoms with E-state index in [4.69, 9.17) is 4.74 Å². The molecular formula is C26H33N3O3S2. The lowest BCUT2D eigenvalue weighted by molar-refractivity contribution is -0.115. The summed E-state index contributed by atoms with van der Waals surface area (Å²) in [6.45, 7) is 12.6. The quantitative estimate of drug-likeness (QED) is 0.367. The molecular weight excluding hydrogens is 466 g/mol. The highest BCUT2D eigenvalue weighted by atomic mass is 32.2. The van der Waals surface area contributed by atoms with Crippen molar-refractivity contribution >= 4 is 40.0 Å². The number of aromatic nitrogens is 1. The topological polar surface area (TPSA) is 92.1 Å². The molecule has 2 heterocycles. The molecule has 1 unspecified atom stereocenters. The fraction of sp³-hybridized carbons (Fsp3) is 0.538. The molecule has 1 N–H and O–H groups in total. The van der Waals surface area contributed by atoms with Gasteiger partial charge in [0.1, 0.15) is 16.1 Å². The smallest absolute Gasteiger partial charge is 0.341 e. The molecule has 0 saturated heterocycles. The highest BCUT2D eigenvalue weighted by Gasteiger charge is 2.34. The van der Waals surface area contributed by atoms with E-state index < -0.39 is 0 Å². The summed E-state index contributed by atoms with van der Waals surface area (Å²) < 4.78 is 5.33. The van der Waals surface area contributed by atoms with Crippen LogP contribution in [0.3, 0.4) is 0 Å². The average Bonchev–Trinajstić information content (AvgIpc) is 3.10. The van der Waals surface area contributed by atoms with Crippen molar-refractivity contribution in [3.05, 3.63) is 38.9 Å². The minimum absolute atomic E-state index is 0.160.